The molecule has 2 fully saturated rings. The standard InChI is InChI=1S/C16H32N2O2/c1-18-10-6-5-7-14(18)11-17-12-15(19)13-20-16-8-3-2-4-9-16/h14-17,19H,2-13H2,1H3. The summed E-state index contributed by atoms with van der Waals surface area (Å²) in [7, 11) is 2.20. The summed E-state index contributed by atoms with van der Waals surface area (Å²) in [6.07, 6.45) is 10.2. The predicted octanol–water partition coefficient (Wildman–Crippen LogP) is 1.77. The molecule has 20 heavy (non-hydrogen) atoms. The van der Waals surface area contributed by atoms with Gasteiger partial charge in [-0.2, -0.15) is 0 Å². The zero-order valence-corrected chi connectivity index (χ0v) is 13.0. The molecule has 0 aromatic rings. The Balaban J connectivity index is 1.52. The second kappa shape index (κ2) is 8.98. The molecule has 2 unspecified atom stereocenters. The molecule has 4 heteroatoms. The highest BCUT2D eigenvalue weighted by Crippen LogP contribution is 2.20. The van der Waals surface area contributed by atoms with Crippen molar-refractivity contribution in [3.63, 3.8) is 0 Å². The lowest BCUT2D eigenvalue weighted by Gasteiger charge is -2.32. The van der Waals surface area contributed by atoms with E-state index >= 15 is 0 Å². The number of piperidine rings is 1. The van der Waals surface area contributed by atoms with Gasteiger partial charge in [0.1, 0.15) is 0 Å². The number of ether oxygens (including phenoxy) is 1. The third-order valence-corrected chi connectivity index (χ3v) is 4.76. The van der Waals surface area contributed by atoms with Crippen molar-refractivity contribution in [2.45, 2.75) is 69.6 Å². The zero-order valence-electron chi connectivity index (χ0n) is 13.0. The second-order valence-corrected chi connectivity index (χ2v) is 6.54. The van der Waals surface area contributed by atoms with Crippen LogP contribution in [0.5, 0.6) is 0 Å². The maximum Gasteiger partial charge on any atom is 0.0897 e. The first-order valence-electron chi connectivity index (χ1n) is 8.46. The van der Waals surface area contributed by atoms with E-state index < -0.39 is 0 Å². The quantitative estimate of drug-likeness (QED) is 0.748. The van der Waals surface area contributed by atoms with Crippen molar-refractivity contribution >= 4 is 0 Å². The van der Waals surface area contributed by atoms with Gasteiger partial charge in [-0.15, -0.1) is 0 Å². The highest BCUT2D eigenvalue weighted by molar-refractivity contribution is 4.77. The van der Waals surface area contributed by atoms with Gasteiger partial charge in [0.15, 0.2) is 0 Å². The molecule has 0 spiro atoms. The summed E-state index contributed by atoms with van der Waals surface area (Å²) in [5, 5.41) is 13.4. The topological polar surface area (TPSA) is 44.7 Å². The molecule has 1 aliphatic carbocycles. The summed E-state index contributed by atoms with van der Waals surface area (Å²) in [4.78, 5) is 2.43. The lowest BCUT2D eigenvalue weighted by atomic mass is 9.98. The summed E-state index contributed by atoms with van der Waals surface area (Å²) in [5.74, 6) is 0. The Hall–Kier alpha value is -0.160. The van der Waals surface area contributed by atoms with Gasteiger partial charge in [0.2, 0.25) is 0 Å². The maximum atomic E-state index is 9.97. The molecule has 4 nitrogen and oxygen atoms in total. The van der Waals surface area contributed by atoms with E-state index in [1.807, 2.05) is 0 Å². The fraction of sp³-hybridized carbons (Fsp3) is 1.00. The van der Waals surface area contributed by atoms with Crippen molar-refractivity contribution in [2.24, 2.45) is 0 Å². The lowest BCUT2D eigenvalue weighted by Crippen LogP contribution is -2.45. The van der Waals surface area contributed by atoms with Gasteiger partial charge in [0.25, 0.3) is 0 Å². The SMILES string of the molecule is CN1CCCCC1CNCC(O)COC1CCCCC1. The van der Waals surface area contributed by atoms with Crippen LogP contribution in [0.1, 0.15) is 51.4 Å². The average Bonchev–Trinajstić information content (AvgIpc) is 2.48. The predicted molar refractivity (Wildman–Crippen MR) is 82.0 cm³/mol. The van der Waals surface area contributed by atoms with Gasteiger partial charge in [0.05, 0.1) is 18.8 Å². The summed E-state index contributed by atoms with van der Waals surface area (Å²) in [6.45, 7) is 3.33. The Kier molecular flexibility index (Phi) is 7.28. The van der Waals surface area contributed by atoms with Crippen molar-refractivity contribution in [3.05, 3.63) is 0 Å². The van der Waals surface area contributed by atoms with E-state index in [-0.39, 0.29) is 6.10 Å². The molecule has 1 saturated heterocycles. The Labute approximate surface area is 123 Å². The summed E-state index contributed by atoms with van der Waals surface area (Å²) in [6, 6.07) is 0.634. The van der Waals surface area contributed by atoms with E-state index in [2.05, 4.69) is 17.3 Å². The molecule has 1 heterocycles. The van der Waals surface area contributed by atoms with Gasteiger partial charge in [-0.1, -0.05) is 25.7 Å². The molecule has 1 saturated carbocycles. The van der Waals surface area contributed by atoms with E-state index in [9.17, 15) is 5.11 Å². The van der Waals surface area contributed by atoms with Crippen LogP contribution in [0.25, 0.3) is 0 Å². The molecule has 118 valence electrons. The third-order valence-electron chi connectivity index (χ3n) is 4.76. The molecule has 2 aliphatic rings. The molecular weight excluding hydrogens is 252 g/mol. The van der Waals surface area contributed by atoms with Gasteiger partial charge >= 0.3 is 0 Å². The third kappa shape index (κ3) is 5.68. The van der Waals surface area contributed by atoms with E-state index in [1.54, 1.807) is 0 Å². The molecular formula is C16H32N2O2. The molecule has 2 N–H and O–H groups in total. The van der Waals surface area contributed by atoms with E-state index in [0.29, 0.717) is 25.3 Å². The van der Waals surface area contributed by atoms with Crippen molar-refractivity contribution in [1.29, 1.82) is 0 Å². The fourth-order valence-corrected chi connectivity index (χ4v) is 3.36. The summed E-state index contributed by atoms with van der Waals surface area (Å²) >= 11 is 0. The number of aliphatic hydroxyl groups excluding tert-OH is 1. The first-order chi connectivity index (χ1) is 9.75. The van der Waals surface area contributed by atoms with Crippen molar-refractivity contribution in [2.75, 3.05) is 33.3 Å². The Morgan fingerprint density at radius 1 is 1.15 bits per heavy atom. The Morgan fingerprint density at radius 2 is 1.90 bits per heavy atom. The van der Waals surface area contributed by atoms with Crippen LogP contribution in [-0.2, 0) is 4.74 Å². The van der Waals surface area contributed by atoms with Gasteiger partial charge in [-0.25, -0.2) is 0 Å². The number of nitrogens with one attached hydrogen (secondary N) is 1. The Morgan fingerprint density at radius 3 is 2.65 bits per heavy atom. The Bertz CT molecular complexity index is 257. The largest absolute Gasteiger partial charge is 0.389 e. The number of hydrogen-bond donors (Lipinski definition) is 2. The second-order valence-electron chi connectivity index (χ2n) is 6.54. The van der Waals surface area contributed by atoms with Crippen molar-refractivity contribution < 1.29 is 9.84 Å². The number of likely N-dealkylation sites (N-methyl/N-ethyl adjacent to an activating group) is 1. The molecule has 0 radical (unpaired) electrons. The summed E-state index contributed by atoms with van der Waals surface area (Å²) in [5.41, 5.74) is 0. The molecule has 2 rings (SSSR count). The van der Waals surface area contributed by atoms with E-state index in [1.165, 1.54) is 57.9 Å². The molecule has 0 bridgehead atoms. The molecule has 0 amide bonds. The molecule has 0 aromatic heterocycles. The van der Waals surface area contributed by atoms with Crippen LogP contribution < -0.4 is 5.32 Å². The highest BCUT2D eigenvalue weighted by Gasteiger charge is 2.19. The number of rotatable bonds is 7. The minimum atomic E-state index is -0.370. The van der Waals surface area contributed by atoms with Crippen molar-refractivity contribution in [1.82, 2.24) is 10.2 Å². The monoisotopic (exact) mass is 284 g/mol. The molecule has 2 atom stereocenters. The van der Waals surface area contributed by atoms with Crippen LogP contribution in [0.3, 0.4) is 0 Å². The van der Waals surface area contributed by atoms with Gasteiger partial charge in [-0.05, 0) is 39.3 Å². The number of aliphatic hydroxyl groups is 1. The maximum absolute atomic E-state index is 9.97. The fourth-order valence-electron chi connectivity index (χ4n) is 3.36. The smallest absolute Gasteiger partial charge is 0.0897 e. The first-order valence-corrected chi connectivity index (χ1v) is 8.46. The minimum Gasteiger partial charge on any atom is -0.389 e. The van der Waals surface area contributed by atoms with Gasteiger partial charge < -0.3 is 20.1 Å². The van der Waals surface area contributed by atoms with Crippen LogP contribution in [0.4, 0.5) is 0 Å². The van der Waals surface area contributed by atoms with E-state index in [4.69, 9.17) is 4.74 Å². The molecule has 0 aromatic carbocycles. The first kappa shape index (κ1) is 16.2. The molecule has 1 aliphatic heterocycles. The van der Waals surface area contributed by atoms with Crippen molar-refractivity contribution in [3.8, 4) is 0 Å². The number of likely N-dealkylation sites (tertiary alicyclic amines) is 1. The average molecular weight is 284 g/mol. The van der Waals surface area contributed by atoms with Crippen LogP contribution in [0.15, 0.2) is 0 Å². The normalized spacial score (nSPS) is 27.6. The number of hydrogen-bond acceptors (Lipinski definition) is 4. The van der Waals surface area contributed by atoms with Crippen LogP contribution in [-0.4, -0.2) is 61.5 Å². The zero-order chi connectivity index (χ0) is 14.2. The number of nitrogens with zero attached hydrogens (tertiary/aromatic N) is 1. The highest BCUT2D eigenvalue weighted by atomic mass is 16.5. The van der Waals surface area contributed by atoms with Gasteiger partial charge in [-0.3, -0.25) is 0 Å². The van der Waals surface area contributed by atoms with Crippen LogP contribution in [0, 0.1) is 0 Å². The van der Waals surface area contributed by atoms with Crippen LogP contribution in [0.2, 0.25) is 0 Å². The van der Waals surface area contributed by atoms with E-state index in [0.717, 1.165) is 6.54 Å². The van der Waals surface area contributed by atoms with Gasteiger partial charge in [0, 0.05) is 19.1 Å². The van der Waals surface area contributed by atoms with Crippen LogP contribution >= 0.6 is 0 Å². The minimum absolute atomic E-state index is 0.370. The lowest BCUT2D eigenvalue weighted by molar-refractivity contribution is -0.0233. The summed E-state index contributed by atoms with van der Waals surface area (Å²) < 4.78 is 5.81.